The van der Waals surface area contributed by atoms with Gasteiger partial charge in [0, 0.05) is 6.08 Å². The fourth-order valence-corrected chi connectivity index (χ4v) is 2.16. The molecule has 2 N–H and O–H groups in total. The van der Waals surface area contributed by atoms with E-state index in [1.165, 1.54) is 25.5 Å². The highest BCUT2D eigenvalue weighted by molar-refractivity contribution is 6.08. The summed E-state index contributed by atoms with van der Waals surface area (Å²) in [7, 11) is 0. The van der Waals surface area contributed by atoms with Crippen LogP contribution in [0.1, 0.15) is 18.4 Å². The Balaban J connectivity index is 1.72. The first-order chi connectivity index (χ1) is 11.0. The first-order valence-corrected chi connectivity index (χ1v) is 6.73. The Morgan fingerprint density at radius 1 is 1.26 bits per heavy atom. The van der Waals surface area contributed by atoms with Gasteiger partial charge in [0.05, 0.1) is 12.5 Å². The number of carbonyl (C=O) groups excluding carboxylic acids is 3. The van der Waals surface area contributed by atoms with E-state index in [0.717, 1.165) is 6.08 Å². The van der Waals surface area contributed by atoms with Gasteiger partial charge in [-0.15, -0.1) is 0 Å². The van der Waals surface area contributed by atoms with Crippen molar-refractivity contribution in [2.75, 3.05) is 0 Å². The Morgan fingerprint density at radius 3 is 2.65 bits per heavy atom. The second-order valence-electron chi connectivity index (χ2n) is 5.00. The van der Waals surface area contributed by atoms with Crippen LogP contribution in [0.5, 0.6) is 0 Å². The molecule has 8 nitrogen and oxygen atoms in total. The van der Waals surface area contributed by atoms with E-state index in [1.807, 2.05) is 0 Å². The molecule has 3 rings (SSSR count). The maximum absolute atomic E-state index is 12.4. The molecule has 3 heterocycles. The van der Waals surface area contributed by atoms with Gasteiger partial charge in [0.15, 0.2) is 5.54 Å². The predicted molar refractivity (Wildman–Crippen MR) is 77.3 cm³/mol. The van der Waals surface area contributed by atoms with Crippen LogP contribution in [0.15, 0.2) is 51.7 Å². The molecule has 2 aromatic rings. The van der Waals surface area contributed by atoms with Gasteiger partial charge in [-0.2, -0.15) is 5.01 Å². The lowest BCUT2D eigenvalue weighted by molar-refractivity contribution is -0.137. The molecule has 2 aromatic heterocycles. The van der Waals surface area contributed by atoms with Crippen molar-refractivity contribution >= 4 is 23.9 Å². The first-order valence-electron chi connectivity index (χ1n) is 6.73. The molecule has 0 bridgehead atoms. The zero-order valence-electron chi connectivity index (χ0n) is 12.1. The smallest absolute Gasteiger partial charge is 0.344 e. The van der Waals surface area contributed by atoms with E-state index in [1.54, 1.807) is 24.3 Å². The Kier molecular flexibility index (Phi) is 3.49. The molecule has 0 aliphatic carbocycles. The molecular formula is C15H13N3O5. The zero-order valence-corrected chi connectivity index (χ0v) is 12.1. The van der Waals surface area contributed by atoms with Crippen LogP contribution in [0.2, 0.25) is 0 Å². The number of imide groups is 1. The van der Waals surface area contributed by atoms with Crippen LogP contribution in [0.25, 0.3) is 6.08 Å². The average molecular weight is 315 g/mol. The van der Waals surface area contributed by atoms with Crippen LogP contribution in [0.4, 0.5) is 4.79 Å². The van der Waals surface area contributed by atoms with Crippen molar-refractivity contribution in [3.63, 3.8) is 0 Å². The van der Waals surface area contributed by atoms with Crippen molar-refractivity contribution in [1.29, 1.82) is 0 Å². The minimum absolute atomic E-state index is 0.277. The molecule has 0 spiro atoms. The lowest BCUT2D eigenvalue weighted by Crippen LogP contribution is -2.47. The van der Waals surface area contributed by atoms with E-state index < -0.39 is 23.4 Å². The summed E-state index contributed by atoms with van der Waals surface area (Å²) in [6.07, 6.45) is 5.43. The highest BCUT2D eigenvalue weighted by Gasteiger charge is 2.51. The van der Waals surface area contributed by atoms with E-state index in [-0.39, 0.29) is 5.76 Å². The van der Waals surface area contributed by atoms with Crippen LogP contribution < -0.4 is 10.7 Å². The maximum atomic E-state index is 12.4. The number of hydrogen-bond donors (Lipinski definition) is 2. The summed E-state index contributed by atoms with van der Waals surface area (Å²) < 4.78 is 10.2. The normalized spacial score (nSPS) is 21.0. The molecule has 4 amide bonds. The van der Waals surface area contributed by atoms with Crippen molar-refractivity contribution in [2.45, 2.75) is 12.5 Å². The average Bonchev–Trinajstić information content (AvgIpc) is 3.25. The Bertz CT molecular complexity index is 763. The fraction of sp³-hybridized carbons (Fsp3) is 0.133. The molecule has 0 saturated carbocycles. The van der Waals surface area contributed by atoms with Crippen LogP contribution >= 0.6 is 0 Å². The maximum Gasteiger partial charge on any atom is 0.344 e. The monoisotopic (exact) mass is 315 g/mol. The van der Waals surface area contributed by atoms with Crippen molar-refractivity contribution in [2.24, 2.45) is 0 Å². The lowest BCUT2D eigenvalue weighted by Gasteiger charge is -2.18. The SMILES string of the molecule is CC1(c2ccco2)NC(=O)N(NC(=O)/C=C/c2ccco2)C1=O. The number of nitrogens with one attached hydrogen (secondary N) is 2. The molecular weight excluding hydrogens is 302 g/mol. The molecule has 118 valence electrons. The van der Waals surface area contributed by atoms with Gasteiger partial charge in [0.1, 0.15) is 11.5 Å². The van der Waals surface area contributed by atoms with E-state index >= 15 is 0 Å². The third-order valence-corrected chi connectivity index (χ3v) is 3.37. The highest BCUT2D eigenvalue weighted by atomic mass is 16.3. The summed E-state index contributed by atoms with van der Waals surface area (Å²) in [5, 5.41) is 3.12. The van der Waals surface area contributed by atoms with Gasteiger partial charge >= 0.3 is 6.03 Å². The van der Waals surface area contributed by atoms with Gasteiger partial charge in [0.25, 0.3) is 11.8 Å². The van der Waals surface area contributed by atoms with Gasteiger partial charge in [-0.05, 0) is 37.3 Å². The number of hydrazine groups is 1. The largest absolute Gasteiger partial charge is 0.466 e. The van der Waals surface area contributed by atoms with E-state index in [9.17, 15) is 14.4 Å². The third kappa shape index (κ3) is 2.61. The zero-order chi connectivity index (χ0) is 16.4. The van der Waals surface area contributed by atoms with Crippen LogP contribution in [-0.4, -0.2) is 22.9 Å². The topological polar surface area (TPSA) is 105 Å². The van der Waals surface area contributed by atoms with Gasteiger partial charge in [-0.3, -0.25) is 15.0 Å². The summed E-state index contributed by atoms with van der Waals surface area (Å²) in [4.78, 5) is 36.2. The summed E-state index contributed by atoms with van der Waals surface area (Å²) in [5.41, 5.74) is 0.858. The third-order valence-electron chi connectivity index (χ3n) is 3.37. The number of hydrogen-bond acceptors (Lipinski definition) is 5. The molecule has 1 unspecified atom stereocenters. The summed E-state index contributed by atoms with van der Waals surface area (Å²) in [6.45, 7) is 1.50. The Hall–Kier alpha value is -3.29. The number of amides is 4. The highest BCUT2D eigenvalue weighted by Crippen LogP contribution is 2.28. The molecule has 1 aliphatic heterocycles. The van der Waals surface area contributed by atoms with Gasteiger partial charge < -0.3 is 14.2 Å². The summed E-state index contributed by atoms with van der Waals surface area (Å²) in [5.74, 6) is -0.540. The standard InChI is InChI=1S/C15H13N3O5/c1-15(11-5-3-9-23-11)13(20)18(14(21)16-15)17-12(19)7-6-10-4-2-8-22-10/h2-9H,1H3,(H,16,21)(H,17,19)/b7-6+. The summed E-state index contributed by atoms with van der Waals surface area (Å²) >= 11 is 0. The van der Waals surface area contributed by atoms with Crippen LogP contribution in [0.3, 0.4) is 0 Å². The number of rotatable bonds is 4. The van der Waals surface area contributed by atoms with Gasteiger partial charge in [-0.25, -0.2) is 4.79 Å². The molecule has 23 heavy (non-hydrogen) atoms. The van der Waals surface area contributed by atoms with Crippen molar-refractivity contribution in [3.05, 3.63) is 54.4 Å². The summed E-state index contributed by atoms with van der Waals surface area (Å²) in [6, 6.07) is 5.76. The van der Waals surface area contributed by atoms with Crippen LogP contribution in [-0.2, 0) is 15.1 Å². The Morgan fingerprint density at radius 2 is 2.00 bits per heavy atom. The van der Waals surface area contributed by atoms with E-state index in [2.05, 4.69) is 10.7 Å². The number of furan rings is 2. The molecule has 1 fully saturated rings. The van der Waals surface area contributed by atoms with E-state index in [4.69, 9.17) is 8.83 Å². The van der Waals surface area contributed by atoms with E-state index in [0.29, 0.717) is 10.8 Å². The van der Waals surface area contributed by atoms with Gasteiger partial charge in [-0.1, -0.05) is 0 Å². The lowest BCUT2D eigenvalue weighted by atomic mass is 10.00. The number of carbonyl (C=O) groups is 3. The molecule has 1 atom stereocenters. The Labute approximate surface area is 130 Å². The van der Waals surface area contributed by atoms with Crippen molar-refractivity contribution < 1.29 is 23.2 Å². The second-order valence-corrected chi connectivity index (χ2v) is 5.00. The van der Waals surface area contributed by atoms with Gasteiger partial charge in [0.2, 0.25) is 0 Å². The quantitative estimate of drug-likeness (QED) is 0.655. The van der Waals surface area contributed by atoms with Crippen LogP contribution in [0, 0.1) is 0 Å². The van der Waals surface area contributed by atoms with Crippen molar-refractivity contribution in [3.8, 4) is 0 Å². The molecule has 8 heteroatoms. The molecule has 0 aromatic carbocycles. The second kappa shape index (κ2) is 5.48. The number of nitrogens with zero attached hydrogens (tertiary/aromatic N) is 1. The molecule has 1 saturated heterocycles. The number of urea groups is 1. The predicted octanol–water partition coefficient (Wildman–Crippen LogP) is 1.38. The van der Waals surface area contributed by atoms with Crippen molar-refractivity contribution in [1.82, 2.24) is 15.8 Å². The minimum Gasteiger partial charge on any atom is -0.466 e. The first kappa shape index (κ1) is 14.6. The minimum atomic E-state index is -1.36. The fourth-order valence-electron chi connectivity index (χ4n) is 2.16. The molecule has 1 aliphatic rings. The molecule has 0 radical (unpaired) electrons.